The van der Waals surface area contributed by atoms with Crippen molar-refractivity contribution in [1.29, 1.82) is 0 Å². The summed E-state index contributed by atoms with van der Waals surface area (Å²) in [7, 11) is 0. The first-order valence-electron chi connectivity index (χ1n) is 8.62. The summed E-state index contributed by atoms with van der Waals surface area (Å²) in [6, 6.07) is 2.06. The van der Waals surface area contributed by atoms with Gasteiger partial charge in [0, 0.05) is 12.8 Å². The van der Waals surface area contributed by atoms with Crippen LogP contribution in [-0.4, -0.2) is 38.3 Å². The predicted octanol–water partition coefficient (Wildman–Crippen LogP) is 0.435. The van der Waals surface area contributed by atoms with Crippen LogP contribution in [0.15, 0.2) is 0 Å². The summed E-state index contributed by atoms with van der Waals surface area (Å²) in [5.41, 5.74) is 0. The predicted molar refractivity (Wildman–Crippen MR) is 75.1 cm³/mol. The van der Waals surface area contributed by atoms with Crippen LogP contribution in [0.5, 0.6) is 0 Å². The van der Waals surface area contributed by atoms with Gasteiger partial charge in [-0.2, -0.15) is 0 Å². The maximum atomic E-state index is 1.97. The van der Waals surface area contributed by atoms with Gasteiger partial charge in [-0.25, -0.2) is 0 Å². The Morgan fingerprint density at radius 3 is 1.61 bits per heavy atom. The minimum absolute atomic E-state index is 1.03. The van der Waals surface area contributed by atoms with Gasteiger partial charge in [0.25, 0.3) is 0 Å². The van der Waals surface area contributed by atoms with Gasteiger partial charge >= 0.3 is 0 Å². The molecule has 2 heterocycles. The third kappa shape index (κ3) is 3.08. The fraction of sp³-hybridized carbons (Fsp3) is 1.00. The fourth-order valence-corrected chi connectivity index (χ4v) is 4.73. The summed E-state index contributed by atoms with van der Waals surface area (Å²) >= 11 is 0. The number of piperidine rings is 2. The van der Waals surface area contributed by atoms with Crippen molar-refractivity contribution in [2.45, 2.75) is 76.3 Å². The fourth-order valence-electron chi connectivity index (χ4n) is 4.73. The SMILES string of the molecule is C1CCC([NH+]2CCC([NH+]3CCCCC3)CC2)CC1. The lowest BCUT2D eigenvalue weighted by molar-refractivity contribution is -0.971. The average molecular weight is 252 g/mol. The molecular formula is C16H32N2+2. The van der Waals surface area contributed by atoms with Crippen molar-refractivity contribution in [2.24, 2.45) is 0 Å². The zero-order chi connectivity index (χ0) is 12.2. The maximum Gasteiger partial charge on any atom is 0.0983 e. The second-order valence-corrected chi connectivity index (χ2v) is 6.99. The Kier molecular flexibility index (Phi) is 4.58. The van der Waals surface area contributed by atoms with E-state index in [0.717, 1.165) is 12.1 Å². The van der Waals surface area contributed by atoms with Gasteiger partial charge in [-0.15, -0.1) is 0 Å². The molecule has 2 saturated heterocycles. The van der Waals surface area contributed by atoms with Crippen LogP contribution >= 0.6 is 0 Å². The van der Waals surface area contributed by atoms with E-state index in [4.69, 9.17) is 0 Å². The van der Waals surface area contributed by atoms with Crippen LogP contribution in [0, 0.1) is 0 Å². The van der Waals surface area contributed by atoms with Crippen LogP contribution in [0.1, 0.15) is 64.2 Å². The van der Waals surface area contributed by atoms with Crippen LogP contribution in [0.3, 0.4) is 0 Å². The van der Waals surface area contributed by atoms with E-state index >= 15 is 0 Å². The van der Waals surface area contributed by atoms with E-state index in [1.54, 1.807) is 0 Å². The first-order chi connectivity index (χ1) is 8.93. The summed E-state index contributed by atoms with van der Waals surface area (Å²) in [4.78, 5) is 3.94. The van der Waals surface area contributed by atoms with Crippen molar-refractivity contribution in [3.8, 4) is 0 Å². The highest BCUT2D eigenvalue weighted by Crippen LogP contribution is 2.16. The van der Waals surface area contributed by atoms with Crippen molar-refractivity contribution in [1.82, 2.24) is 0 Å². The molecular weight excluding hydrogens is 220 g/mol. The van der Waals surface area contributed by atoms with Crippen LogP contribution in [-0.2, 0) is 0 Å². The van der Waals surface area contributed by atoms with Crippen molar-refractivity contribution in [2.75, 3.05) is 26.2 Å². The molecule has 3 fully saturated rings. The molecule has 0 unspecified atom stereocenters. The van der Waals surface area contributed by atoms with Crippen molar-refractivity contribution in [3.05, 3.63) is 0 Å². The molecule has 2 aliphatic heterocycles. The zero-order valence-corrected chi connectivity index (χ0v) is 12.1. The first-order valence-corrected chi connectivity index (χ1v) is 8.62. The molecule has 0 aromatic carbocycles. The molecule has 2 nitrogen and oxygen atoms in total. The minimum Gasteiger partial charge on any atom is -0.332 e. The standard InChI is InChI=1S/C16H30N2/c1-3-7-15(8-4-1)18-13-9-16(10-14-18)17-11-5-2-6-12-17/h15-16H,1-14H2/p+2. The lowest BCUT2D eigenvalue weighted by Gasteiger charge is -2.39. The Labute approximate surface area is 113 Å². The summed E-state index contributed by atoms with van der Waals surface area (Å²) in [5.74, 6) is 0. The number of hydrogen-bond acceptors (Lipinski definition) is 0. The molecule has 3 aliphatic rings. The topological polar surface area (TPSA) is 8.88 Å². The molecule has 1 aliphatic carbocycles. The Balaban J connectivity index is 1.45. The monoisotopic (exact) mass is 252 g/mol. The van der Waals surface area contributed by atoms with E-state index in [1.165, 1.54) is 90.4 Å². The molecule has 0 atom stereocenters. The molecule has 0 radical (unpaired) electrons. The van der Waals surface area contributed by atoms with E-state index in [9.17, 15) is 0 Å². The average Bonchev–Trinajstić information content (AvgIpc) is 2.49. The number of quaternary nitrogens is 2. The highest BCUT2D eigenvalue weighted by molar-refractivity contribution is 4.68. The highest BCUT2D eigenvalue weighted by atomic mass is 15.2. The molecule has 0 aromatic heterocycles. The van der Waals surface area contributed by atoms with Gasteiger partial charge < -0.3 is 9.80 Å². The molecule has 0 amide bonds. The number of hydrogen-bond donors (Lipinski definition) is 2. The van der Waals surface area contributed by atoms with E-state index in [1.807, 2.05) is 9.80 Å². The summed E-state index contributed by atoms with van der Waals surface area (Å²) in [6.07, 6.45) is 15.1. The van der Waals surface area contributed by atoms with Gasteiger partial charge in [0.15, 0.2) is 0 Å². The third-order valence-corrected chi connectivity index (χ3v) is 5.88. The van der Waals surface area contributed by atoms with Gasteiger partial charge in [-0.3, -0.25) is 0 Å². The van der Waals surface area contributed by atoms with E-state index in [0.29, 0.717) is 0 Å². The van der Waals surface area contributed by atoms with Crippen molar-refractivity contribution in [3.63, 3.8) is 0 Å². The molecule has 104 valence electrons. The Morgan fingerprint density at radius 1 is 0.444 bits per heavy atom. The first kappa shape index (κ1) is 12.9. The number of likely N-dealkylation sites (tertiary alicyclic amines) is 2. The molecule has 0 bridgehead atoms. The van der Waals surface area contributed by atoms with Crippen LogP contribution in [0.25, 0.3) is 0 Å². The summed E-state index contributed by atoms with van der Waals surface area (Å²) in [5, 5.41) is 0. The smallest absolute Gasteiger partial charge is 0.0983 e. The second-order valence-electron chi connectivity index (χ2n) is 6.99. The zero-order valence-electron chi connectivity index (χ0n) is 12.1. The van der Waals surface area contributed by atoms with Crippen LogP contribution in [0.2, 0.25) is 0 Å². The lowest BCUT2D eigenvalue weighted by atomic mass is 9.91. The summed E-state index contributed by atoms with van der Waals surface area (Å²) < 4.78 is 0. The van der Waals surface area contributed by atoms with Crippen molar-refractivity contribution >= 4 is 0 Å². The van der Waals surface area contributed by atoms with Gasteiger partial charge in [0.1, 0.15) is 0 Å². The molecule has 1 saturated carbocycles. The van der Waals surface area contributed by atoms with Gasteiger partial charge in [-0.1, -0.05) is 6.42 Å². The molecule has 0 spiro atoms. The number of nitrogens with one attached hydrogen (secondary N) is 2. The molecule has 3 rings (SSSR count). The Bertz CT molecular complexity index is 207. The quantitative estimate of drug-likeness (QED) is 0.705. The second kappa shape index (κ2) is 6.38. The number of rotatable bonds is 2. The highest BCUT2D eigenvalue weighted by Gasteiger charge is 2.34. The Hall–Kier alpha value is -0.0800. The van der Waals surface area contributed by atoms with E-state index < -0.39 is 0 Å². The largest absolute Gasteiger partial charge is 0.332 e. The van der Waals surface area contributed by atoms with Crippen LogP contribution < -0.4 is 9.80 Å². The van der Waals surface area contributed by atoms with E-state index in [2.05, 4.69) is 0 Å². The molecule has 2 N–H and O–H groups in total. The normalized spacial score (nSPS) is 36.7. The van der Waals surface area contributed by atoms with E-state index in [-0.39, 0.29) is 0 Å². The van der Waals surface area contributed by atoms with Gasteiger partial charge in [-0.05, 0) is 44.9 Å². The molecule has 18 heavy (non-hydrogen) atoms. The summed E-state index contributed by atoms with van der Waals surface area (Å²) in [6.45, 7) is 5.92. The Morgan fingerprint density at radius 2 is 0.944 bits per heavy atom. The van der Waals surface area contributed by atoms with Crippen LogP contribution in [0.4, 0.5) is 0 Å². The van der Waals surface area contributed by atoms with Gasteiger partial charge in [0.2, 0.25) is 0 Å². The maximum absolute atomic E-state index is 1.97. The van der Waals surface area contributed by atoms with Crippen molar-refractivity contribution < 1.29 is 9.80 Å². The third-order valence-electron chi connectivity index (χ3n) is 5.88. The molecule has 0 aromatic rings. The lowest BCUT2D eigenvalue weighted by Crippen LogP contribution is -3.22. The minimum atomic E-state index is 1.03. The molecule has 2 heteroatoms. The van der Waals surface area contributed by atoms with Gasteiger partial charge in [0.05, 0.1) is 38.3 Å².